The predicted octanol–water partition coefficient (Wildman–Crippen LogP) is 4.54. The van der Waals surface area contributed by atoms with Crippen LogP contribution in [0.4, 0.5) is 0 Å². The molecule has 0 N–H and O–H groups in total. The van der Waals surface area contributed by atoms with Crippen LogP contribution < -0.4 is 0 Å². The molecule has 0 saturated heterocycles. The Hall–Kier alpha value is -1.26. The van der Waals surface area contributed by atoms with Crippen LogP contribution in [0.15, 0.2) is 48.7 Å². The molecule has 0 amide bonds. The van der Waals surface area contributed by atoms with E-state index in [4.69, 9.17) is 0 Å². The number of aromatic nitrogens is 1. The van der Waals surface area contributed by atoms with Gasteiger partial charge in [-0.15, -0.1) is 17.0 Å². The van der Waals surface area contributed by atoms with Crippen LogP contribution in [0.2, 0.25) is 0 Å². The molecule has 4 heteroatoms. The molecule has 0 atom stereocenters. The maximum Gasteiger partial charge on any atom is 0.174 e. The normalized spacial score (nSPS) is 10.4. The molecule has 3 rings (SSSR count). The first kappa shape index (κ1) is 14.2. The van der Waals surface area contributed by atoms with E-state index >= 15 is 0 Å². The Morgan fingerprint density at radius 3 is 2.47 bits per heavy atom. The van der Waals surface area contributed by atoms with Gasteiger partial charge in [0.1, 0.15) is 0 Å². The van der Waals surface area contributed by atoms with Gasteiger partial charge in [0.15, 0.2) is 5.78 Å². The van der Waals surface area contributed by atoms with Crippen molar-refractivity contribution in [1.29, 1.82) is 0 Å². The highest BCUT2D eigenvalue weighted by Crippen LogP contribution is 2.27. The maximum atomic E-state index is 12.0. The fourth-order valence-electron chi connectivity index (χ4n) is 2.23. The molecule has 2 aromatic carbocycles. The molecule has 0 spiro atoms. The van der Waals surface area contributed by atoms with E-state index in [1.807, 2.05) is 42.5 Å². The second kappa shape index (κ2) is 5.80. The molecule has 0 aliphatic carbocycles. The van der Waals surface area contributed by atoms with Crippen molar-refractivity contribution < 1.29 is 4.79 Å². The third kappa shape index (κ3) is 2.42. The van der Waals surface area contributed by atoms with Crippen LogP contribution in [0.1, 0.15) is 10.4 Å². The molecule has 0 saturated carbocycles. The zero-order chi connectivity index (χ0) is 12.5. The average molecular weight is 381 g/mol. The SMILES string of the molecule is Br.O=C(CBr)c1cc2ncccc2c2ccccc12. The van der Waals surface area contributed by atoms with Gasteiger partial charge >= 0.3 is 0 Å². The molecule has 19 heavy (non-hydrogen) atoms. The number of carbonyl (C=O) groups is 1. The summed E-state index contributed by atoms with van der Waals surface area (Å²) in [7, 11) is 0. The lowest BCUT2D eigenvalue weighted by Crippen LogP contribution is -2.01. The van der Waals surface area contributed by atoms with Gasteiger partial charge in [-0.25, -0.2) is 0 Å². The van der Waals surface area contributed by atoms with Crippen LogP contribution in [-0.2, 0) is 0 Å². The van der Waals surface area contributed by atoms with Gasteiger partial charge in [-0.3, -0.25) is 9.78 Å². The summed E-state index contributed by atoms with van der Waals surface area (Å²) in [4.78, 5) is 16.3. The fourth-order valence-corrected chi connectivity index (χ4v) is 2.53. The van der Waals surface area contributed by atoms with Crippen molar-refractivity contribution in [3.05, 3.63) is 54.2 Å². The number of halogens is 2. The second-order valence-corrected chi connectivity index (χ2v) is 4.66. The number of benzene rings is 2. The Bertz CT molecular complexity index is 755. The number of pyridine rings is 1. The summed E-state index contributed by atoms with van der Waals surface area (Å²) in [5, 5.41) is 3.48. The van der Waals surface area contributed by atoms with Gasteiger partial charge in [0.05, 0.1) is 10.8 Å². The zero-order valence-electron chi connectivity index (χ0n) is 9.97. The molecule has 1 aromatic heterocycles. The monoisotopic (exact) mass is 379 g/mol. The molecule has 1 heterocycles. The molecule has 0 aliphatic rings. The smallest absolute Gasteiger partial charge is 0.174 e. The quantitative estimate of drug-likeness (QED) is 0.371. The van der Waals surface area contributed by atoms with E-state index in [2.05, 4.69) is 20.9 Å². The van der Waals surface area contributed by atoms with Crippen LogP contribution in [0.5, 0.6) is 0 Å². The molecule has 2 nitrogen and oxygen atoms in total. The number of rotatable bonds is 2. The minimum absolute atomic E-state index is 0. The molecule has 0 unspecified atom stereocenters. The molecular formula is C15H11Br2NO. The van der Waals surface area contributed by atoms with Gasteiger partial charge in [0, 0.05) is 17.1 Å². The summed E-state index contributed by atoms with van der Waals surface area (Å²) in [5.74, 6) is 0.0822. The number of fused-ring (bicyclic) bond motifs is 3. The Balaban J connectivity index is 0.00000133. The van der Waals surface area contributed by atoms with E-state index in [1.54, 1.807) is 6.20 Å². The van der Waals surface area contributed by atoms with Crippen molar-refractivity contribution in [2.75, 3.05) is 5.33 Å². The van der Waals surface area contributed by atoms with Gasteiger partial charge in [0.2, 0.25) is 0 Å². The van der Waals surface area contributed by atoms with Crippen LogP contribution in [0, 0.1) is 0 Å². The zero-order valence-corrected chi connectivity index (χ0v) is 13.3. The molecule has 96 valence electrons. The topological polar surface area (TPSA) is 30.0 Å². The van der Waals surface area contributed by atoms with Crippen molar-refractivity contribution in [3.63, 3.8) is 0 Å². The number of hydrogen-bond donors (Lipinski definition) is 0. The largest absolute Gasteiger partial charge is 0.293 e. The predicted molar refractivity (Wildman–Crippen MR) is 87.7 cm³/mol. The highest BCUT2D eigenvalue weighted by molar-refractivity contribution is 9.09. The number of carbonyl (C=O) groups excluding carboxylic acids is 1. The average Bonchev–Trinajstić information content (AvgIpc) is 2.45. The lowest BCUT2D eigenvalue weighted by Gasteiger charge is -2.07. The summed E-state index contributed by atoms with van der Waals surface area (Å²) in [6.07, 6.45) is 1.75. The lowest BCUT2D eigenvalue weighted by molar-refractivity contribution is 0.102. The van der Waals surface area contributed by atoms with Crippen molar-refractivity contribution in [1.82, 2.24) is 4.98 Å². The Morgan fingerprint density at radius 1 is 1.05 bits per heavy atom. The molecular weight excluding hydrogens is 370 g/mol. The number of Topliss-reactive ketones (excluding diaryl/α,β-unsaturated/α-hetero) is 1. The van der Waals surface area contributed by atoms with E-state index < -0.39 is 0 Å². The summed E-state index contributed by atoms with van der Waals surface area (Å²) >= 11 is 3.23. The van der Waals surface area contributed by atoms with E-state index in [0.29, 0.717) is 5.33 Å². The van der Waals surface area contributed by atoms with E-state index in [-0.39, 0.29) is 22.8 Å². The number of nitrogens with zero attached hydrogens (tertiary/aromatic N) is 1. The lowest BCUT2D eigenvalue weighted by atomic mass is 9.98. The van der Waals surface area contributed by atoms with Gasteiger partial charge in [-0.05, 0) is 22.9 Å². The van der Waals surface area contributed by atoms with Crippen molar-refractivity contribution in [3.8, 4) is 0 Å². The third-order valence-corrected chi connectivity index (χ3v) is 3.56. The van der Waals surface area contributed by atoms with Gasteiger partial charge in [-0.1, -0.05) is 46.3 Å². The van der Waals surface area contributed by atoms with Crippen molar-refractivity contribution in [2.45, 2.75) is 0 Å². The first-order valence-corrected chi connectivity index (χ1v) is 6.79. The minimum Gasteiger partial charge on any atom is -0.293 e. The van der Waals surface area contributed by atoms with Crippen LogP contribution >= 0.6 is 32.9 Å². The third-order valence-electron chi connectivity index (χ3n) is 3.05. The van der Waals surface area contributed by atoms with Crippen LogP contribution in [-0.4, -0.2) is 16.1 Å². The second-order valence-electron chi connectivity index (χ2n) is 4.10. The Morgan fingerprint density at radius 2 is 1.74 bits per heavy atom. The number of hydrogen-bond acceptors (Lipinski definition) is 2. The summed E-state index contributed by atoms with van der Waals surface area (Å²) in [5.41, 5.74) is 1.59. The fraction of sp³-hybridized carbons (Fsp3) is 0.0667. The van der Waals surface area contributed by atoms with Crippen molar-refractivity contribution in [2.24, 2.45) is 0 Å². The van der Waals surface area contributed by atoms with E-state index in [9.17, 15) is 4.79 Å². The van der Waals surface area contributed by atoms with Gasteiger partial charge < -0.3 is 0 Å². The molecule has 0 fully saturated rings. The first-order valence-electron chi connectivity index (χ1n) is 5.67. The molecule has 0 radical (unpaired) electrons. The standard InChI is InChI=1S/C15H10BrNO.BrH/c16-9-15(18)13-8-14-12(6-3-7-17-14)10-4-1-2-5-11(10)13;/h1-8H,9H2;1H. The Labute approximate surface area is 129 Å². The van der Waals surface area contributed by atoms with Crippen LogP contribution in [0.25, 0.3) is 21.7 Å². The molecule has 3 aromatic rings. The first-order chi connectivity index (χ1) is 8.81. The Kier molecular flexibility index (Phi) is 4.32. The summed E-state index contributed by atoms with van der Waals surface area (Å²) in [6.45, 7) is 0. The van der Waals surface area contributed by atoms with Gasteiger partial charge in [0.25, 0.3) is 0 Å². The van der Waals surface area contributed by atoms with Gasteiger partial charge in [-0.2, -0.15) is 0 Å². The highest BCUT2D eigenvalue weighted by Gasteiger charge is 2.11. The molecule has 0 bridgehead atoms. The summed E-state index contributed by atoms with van der Waals surface area (Å²) < 4.78 is 0. The highest BCUT2D eigenvalue weighted by atomic mass is 79.9. The van der Waals surface area contributed by atoms with Crippen molar-refractivity contribution >= 4 is 60.4 Å². The number of alkyl halides is 1. The minimum atomic E-state index is 0. The number of ketones is 1. The maximum absolute atomic E-state index is 12.0. The van der Waals surface area contributed by atoms with E-state index in [1.165, 1.54) is 0 Å². The van der Waals surface area contributed by atoms with E-state index in [0.717, 1.165) is 27.2 Å². The summed E-state index contributed by atoms with van der Waals surface area (Å²) in [6, 6.07) is 13.8. The molecule has 0 aliphatic heterocycles. The van der Waals surface area contributed by atoms with Crippen LogP contribution in [0.3, 0.4) is 0 Å².